The van der Waals surface area contributed by atoms with E-state index in [1.165, 1.54) is 12.8 Å². The summed E-state index contributed by atoms with van der Waals surface area (Å²) in [5.41, 5.74) is 0. The topological polar surface area (TPSA) is 41.6 Å². The van der Waals surface area contributed by atoms with Gasteiger partial charge in [0.25, 0.3) is 0 Å². The van der Waals surface area contributed by atoms with Crippen molar-refractivity contribution in [1.82, 2.24) is 10.2 Å². The molecule has 0 spiro atoms. The van der Waals surface area contributed by atoms with Crippen LogP contribution in [0.2, 0.25) is 0 Å². The van der Waals surface area contributed by atoms with Crippen LogP contribution in [0.25, 0.3) is 0 Å². The summed E-state index contributed by atoms with van der Waals surface area (Å²) in [6.45, 7) is 10.6. The molecule has 19 heavy (non-hydrogen) atoms. The van der Waals surface area contributed by atoms with E-state index in [1.807, 2.05) is 6.92 Å². The second kappa shape index (κ2) is 11.2. The van der Waals surface area contributed by atoms with Gasteiger partial charge in [0.05, 0.1) is 6.61 Å². The molecule has 1 N–H and O–H groups in total. The van der Waals surface area contributed by atoms with E-state index in [0.717, 1.165) is 25.9 Å². The van der Waals surface area contributed by atoms with Gasteiger partial charge in [-0.2, -0.15) is 0 Å². The largest absolute Gasteiger partial charge is 0.465 e. The van der Waals surface area contributed by atoms with Gasteiger partial charge in [0.1, 0.15) is 6.04 Å². The Morgan fingerprint density at radius 1 is 1.21 bits per heavy atom. The summed E-state index contributed by atoms with van der Waals surface area (Å²) >= 11 is 0. The first-order chi connectivity index (χ1) is 9.06. The Bertz CT molecular complexity index is 234. The van der Waals surface area contributed by atoms with E-state index in [0.29, 0.717) is 12.6 Å². The van der Waals surface area contributed by atoms with Crippen molar-refractivity contribution in [1.29, 1.82) is 0 Å². The minimum Gasteiger partial charge on any atom is -0.465 e. The predicted octanol–water partition coefficient (Wildman–Crippen LogP) is 2.43. The van der Waals surface area contributed by atoms with Crippen molar-refractivity contribution in [2.45, 2.75) is 65.5 Å². The molecular weight excluding hydrogens is 240 g/mol. The average molecular weight is 272 g/mol. The van der Waals surface area contributed by atoms with Crippen molar-refractivity contribution in [2.75, 3.05) is 26.7 Å². The third-order valence-corrected chi connectivity index (χ3v) is 3.44. The molecule has 0 bridgehead atoms. The second-order valence-electron chi connectivity index (χ2n) is 5.17. The lowest BCUT2D eigenvalue weighted by molar-refractivity contribution is -0.145. The first-order valence-electron chi connectivity index (χ1n) is 7.66. The highest BCUT2D eigenvalue weighted by Crippen LogP contribution is 2.06. The van der Waals surface area contributed by atoms with Gasteiger partial charge in [0, 0.05) is 12.6 Å². The van der Waals surface area contributed by atoms with Gasteiger partial charge < -0.3 is 15.0 Å². The maximum atomic E-state index is 11.9. The van der Waals surface area contributed by atoms with E-state index < -0.39 is 0 Å². The van der Waals surface area contributed by atoms with Gasteiger partial charge in [-0.05, 0) is 46.7 Å². The lowest BCUT2D eigenvalue weighted by atomic mass is 10.1. The van der Waals surface area contributed by atoms with Crippen LogP contribution < -0.4 is 5.32 Å². The summed E-state index contributed by atoms with van der Waals surface area (Å²) in [6.07, 6.45) is 4.23. The Hall–Kier alpha value is -0.610. The average Bonchev–Trinajstić information content (AvgIpc) is 2.39. The molecule has 0 amide bonds. The van der Waals surface area contributed by atoms with E-state index in [1.54, 1.807) is 0 Å². The molecule has 2 atom stereocenters. The van der Waals surface area contributed by atoms with Crippen molar-refractivity contribution in [3.05, 3.63) is 0 Å². The number of hydrogen-bond acceptors (Lipinski definition) is 4. The molecule has 0 aliphatic carbocycles. The summed E-state index contributed by atoms with van der Waals surface area (Å²) in [7, 11) is 2.13. The molecular formula is C15H32N2O2. The van der Waals surface area contributed by atoms with Gasteiger partial charge in [0.2, 0.25) is 0 Å². The number of carbonyl (C=O) groups excluding carboxylic acids is 1. The standard InChI is InChI=1S/C15H32N2O2/c1-6-9-13(4)17(5)12-10-14(16-11-7-2)15(18)19-8-3/h13-14,16H,6-12H2,1-5H3. The fourth-order valence-electron chi connectivity index (χ4n) is 2.06. The summed E-state index contributed by atoms with van der Waals surface area (Å²) < 4.78 is 5.12. The fraction of sp³-hybridized carbons (Fsp3) is 0.933. The molecule has 0 aromatic carbocycles. The minimum atomic E-state index is -0.170. The molecule has 4 nitrogen and oxygen atoms in total. The lowest BCUT2D eigenvalue weighted by Crippen LogP contribution is -2.42. The van der Waals surface area contributed by atoms with Crippen molar-refractivity contribution in [3.63, 3.8) is 0 Å². The van der Waals surface area contributed by atoms with Crippen LogP contribution in [-0.2, 0) is 9.53 Å². The molecule has 0 aromatic heterocycles. The Morgan fingerprint density at radius 3 is 2.42 bits per heavy atom. The number of nitrogens with one attached hydrogen (secondary N) is 1. The maximum Gasteiger partial charge on any atom is 0.323 e. The van der Waals surface area contributed by atoms with Crippen LogP contribution in [0.4, 0.5) is 0 Å². The molecule has 2 unspecified atom stereocenters. The molecule has 0 rings (SSSR count). The molecule has 0 aliphatic rings. The van der Waals surface area contributed by atoms with E-state index in [-0.39, 0.29) is 12.0 Å². The molecule has 0 fully saturated rings. The molecule has 0 saturated carbocycles. The van der Waals surface area contributed by atoms with Crippen LogP contribution in [0.15, 0.2) is 0 Å². The van der Waals surface area contributed by atoms with E-state index in [9.17, 15) is 4.79 Å². The zero-order chi connectivity index (χ0) is 14.7. The third kappa shape index (κ3) is 8.22. The number of esters is 1. The van der Waals surface area contributed by atoms with E-state index >= 15 is 0 Å². The Labute approximate surface area is 118 Å². The maximum absolute atomic E-state index is 11.9. The van der Waals surface area contributed by atoms with Gasteiger partial charge >= 0.3 is 5.97 Å². The molecule has 0 heterocycles. The quantitative estimate of drug-likeness (QED) is 0.587. The first-order valence-corrected chi connectivity index (χ1v) is 7.66. The summed E-state index contributed by atoms with van der Waals surface area (Å²) in [5.74, 6) is -0.118. The smallest absolute Gasteiger partial charge is 0.323 e. The van der Waals surface area contributed by atoms with Crippen molar-refractivity contribution < 1.29 is 9.53 Å². The monoisotopic (exact) mass is 272 g/mol. The third-order valence-electron chi connectivity index (χ3n) is 3.44. The van der Waals surface area contributed by atoms with Crippen molar-refractivity contribution in [2.24, 2.45) is 0 Å². The van der Waals surface area contributed by atoms with Crippen LogP contribution in [-0.4, -0.2) is 49.7 Å². The van der Waals surface area contributed by atoms with Gasteiger partial charge in [0.15, 0.2) is 0 Å². The van der Waals surface area contributed by atoms with E-state index in [2.05, 4.69) is 38.0 Å². The number of nitrogens with zero attached hydrogens (tertiary/aromatic N) is 1. The van der Waals surface area contributed by atoms with Crippen LogP contribution >= 0.6 is 0 Å². The van der Waals surface area contributed by atoms with E-state index in [4.69, 9.17) is 4.74 Å². The van der Waals surface area contributed by atoms with Crippen molar-refractivity contribution in [3.8, 4) is 0 Å². The summed E-state index contributed by atoms with van der Waals surface area (Å²) in [5, 5.41) is 3.28. The van der Waals surface area contributed by atoms with Gasteiger partial charge in [-0.15, -0.1) is 0 Å². The van der Waals surface area contributed by atoms with Crippen LogP contribution in [0.5, 0.6) is 0 Å². The number of carbonyl (C=O) groups is 1. The summed E-state index contributed by atoms with van der Waals surface area (Å²) in [4.78, 5) is 14.2. The van der Waals surface area contributed by atoms with Crippen molar-refractivity contribution >= 4 is 5.97 Å². The zero-order valence-electron chi connectivity index (χ0n) is 13.4. The molecule has 4 heteroatoms. The van der Waals surface area contributed by atoms with Crippen LogP contribution in [0.1, 0.15) is 53.4 Å². The minimum absolute atomic E-state index is 0.118. The molecule has 0 aliphatic heterocycles. The first kappa shape index (κ1) is 18.4. The summed E-state index contributed by atoms with van der Waals surface area (Å²) in [6, 6.07) is 0.398. The Balaban J connectivity index is 4.19. The molecule has 114 valence electrons. The highest BCUT2D eigenvalue weighted by atomic mass is 16.5. The Morgan fingerprint density at radius 2 is 1.89 bits per heavy atom. The number of ether oxygens (including phenoxy) is 1. The fourth-order valence-corrected chi connectivity index (χ4v) is 2.06. The SMILES string of the molecule is CCCNC(CCN(C)C(C)CCC)C(=O)OCC. The van der Waals surface area contributed by atoms with Gasteiger partial charge in [-0.1, -0.05) is 20.3 Å². The number of rotatable bonds is 11. The van der Waals surface area contributed by atoms with Gasteiger partial charge in [-0.25, -0.2) is 0 Å². The Kier molecular flexibility index (Phi) is 10.9. The van der Waals surface area contributed by atoms with Crippen LogP contribution in [0.3, 0.4) is 0 Å². The second-order valence-corrected chi connectivity index (χ2v) is 5.17. The highest BCUT2D eigenvalue weighted by Gasteiger charge is 2.20. The number of hydrogen-bond donors (Lipinski definition) is 1. The molecule has 0 aromatic rings. The molecule has 0 radical (unpaired) electrons. The lowest BCUT2D eigenvalue weighted by Gasteiger charge is -2.26. The molecule has 0 saturated heterocycles. The highest BCUT2D eigenvalue weighted by molar-refractivity contribution is 5.75. The van der Waals surface area contributed by atoms with Gasteiger partial charge in [-0.3, -0.25) is 4.79 Å². The normalized spacial score (nSPS) is 14.4. The zero-order valence-corrected chi connectivity index (χ0v) is 13.4. The predicted molar refractivity (Wildman–Crippen MR) is 80.3 cm³/mol. The van der Waals surface area contributed by atoms with Crippen LogP contribution in [0, 0.1) is 0 Å².